The Balaban J connectivity index is 2.33. The summed E-state index contributed by atoms with van der Waals surface area (Å²) in [5, 5.41) is 19.9. The van der Waals surface area contributed by atoms with E-state index in [1.54, 1.807) is 24.3 Å². The van der Waals surface area contributed by atoms with E-state index in [1.807, 2.05) is 6.07 Å². The van der Waals surface area contributed by atoms with Crippen LogP contribution in [0.5, 0.6) is 5.75 Å². The number of nitrogens with zero attached hydrogens (tertiary/aromatic N) is 1. The van der Waals surface area contributed by atoms with Gasteiger partial charge < -0.3 is 10.1 Å². The van der Waals surface area contributed by atoms with Crippen molar-refractivity contribution in [3.05, 3.63) is 73.4 Å². The number of H-pyrrole nitrogens is 1. The first-order chi connectivity index (χ1) is 13.1. The summed E-state index contributed by atoms with van der Waals surface area (Å²) in [6.45, 7) is 0. The number of nitrogens with one attached hydrogen (secondary N) is 1. The van der Waals surface area contributed by atoms with Crippen LogP contribution in [0.15, 0.2) is 51.7 Å². The first-order valence-electron chi connectivity index (χ1n) is 7.65. The fourth-order valence-corrected chi connectivity index (χ4v) is 3.59. The molecule has 0 fully saturated rings. The normalized spacial score (nSPS) is 11.3. The third kappa shape index (κ3) is 4.17. The molecule has 142 valence electrons. The standard InChI is InChI=1S/C19H9BrCl4N2O2/c20-10-2-4-17(27)13(6-10)16-7-11(14(8-25)18(28)26-16)12-5-9(19(22,23)24)1-3-15(12)21/h1-7,27H,(H,26,28). The second-order valence-electron chi connectivity index (χ2n) is 5.77. The van der Waals surface area contributed by atoms with E-state index in [0.29, 0.717) is 26.9 Å². The molecule has 0 aliphatic rings. The van der Waals surface area contributed by atoms with E-state index < -0.39 is 9.35 Å². The number of aromatic nitrogens is 1. The Morgan fingerprint density at radius 3 is 2.39 bits per heavy atom. The molecule has 0 saturated heterocycles. The Bertz CT molecular complexity index is 1180. The Morgan fingerprint density at radius 1 is 1.04 bits per heavy atom. The van der Waals surface area contributed by atoms with Crippen molar-refractivity contribution in [1.29, 1.82) is 5.26 Å². The molecule has 3 rings (SSSR count). The summed E-state index contributed by atoms with van der Waals surface area (Å²) in [7, 11) is 0. The van der Waals surface area contributed by atoms with Crippen LogP contribution < -0.4 is 5.56 Å². The molecule has 3 aromatic rings. The summed E-state index contributed by atoms with van der Waals surface area (Å²) in [6.07, 6.45) is 0. The van der Waals surface area contributed by atoms with Gasteiger partial charge in [-0.2, -0.15) is 5.26 Å². The zero-order chi connectivity index (χ0) is 20.6. The zero-order valence-corrected chi connectivity index (χ0v) is 18.3. The molecule has 0 radical (unpaired) electrons. The first kappa shape index (κ1) is 21.0. The number of rotatable bonds is 2. The minimum atomic E-state index is -1.71. The molecule has 28 heavy (non-hydrogen) atoms. The van der Waals surface area contributed by atoms with Gasteiger partial charge in [-0.1, -0.05) is 68.4 Å². The minimum Gasteiger partial charge on any atom is -0.507 e. The SMILES string of the molecule is N#Cc1c(-c2cc(C(Cl)(Cl)Cl)ccc2Cl)cc(-c2cc(Br)ccc2O)[nH]c1=O. The van der Waals surface area contributed by atoms with Gasteiger partial charge in [-0.05, 0) is 36.4 Å². The maximum atomic E-state index is 12.5. The third-order valence-electron chi connectivity index (χ3n) is 3.98. The Morgan fingerprint density at radius 2 is 1.75 bits per heavy atom. The van der Waals surface area contributed by atoms with Crippen molar-refractivity contribution in [2.75, 3.05) is 0 Å². The van der Waals surface area contributed by atoms with Gasteiger partial charge in [0.2, 0.25) is 3.79 Å². The van der Waals surface area contributed by atoms with Gasteiger partial charge in [0.1, 0.15) is 17.4 Å². The molecule has 0 unspecified atom stereocenters. The van der Waals surface area contributed by atoms with Crippen molar-refractivity contribution in [1.82, 2.24) is 4.98 Å². The quantitative estimate of drug-likeness (QED) is 0.379. The number of aromatic amines is 1. The average Bonchev–Trinajstić information content (AvgIpc) is 2.62. The lowest BCUT2D eigenvalue weighted by Gasteiger charge is -2.15. The highest BCUT2D eigenvalue weighted by molar-refractivity contribution is 9.10. The highest BCUT2D eigenvalue weighted by atomic mass is 79.9. The van der Waals surface area contributed by atoms with Crippen molar-refractivity contribution in [2.24, 2.45) is 0 Å². The van der Waals surface area contributed by atoms with Crippen molar-refractivity contribution >= 4 is 62.3 Å². The molecule has 9 heteroatoms. The lowest BCUT2D eigenvalue weighted by atomic mass is 9.97. The van der Waals surface area contributed by atoms with Crippen LogP contribution in [0.1, 0.15) is 11.1 Å². The molecular weight excluding hydrogens is 510 g/mol. The van der Waals surface area contributed by atoms with E-state index in [1.165, 1.54) is 18.2 Å². The highest BCUT2D eigenvalue weighted by Gasteiger charge is 2.25. The smallest absolute Gasteiger partial charge is 0.266 e. The topological polar surface area (TPSA) is 76.9 Å². The van der Waals surface area contributed by atoms with Gasteiger partial charge >= 0.3 is 0 Å². The molecule has 1 heterocycles. The molecular formula is C19H9BrCl4N2O2. The number of hydrogen-bond donors (Lipinski definition) is 2. The number of pyridine rings is 1. The molecule has 0 atom stereocenters. The molecule has 0 spiro atoms. The summed E-state index contributed by atoms with van der Waals surface area (Å²) < 4.78 is -1.01. The molecule has 0 saturated carbocycles. The fraction of sp³-hybridized carbons (Fsp3) is 0.0526. The van der Waals surface area contributed by atoms with Gasteiger partial charge in [0.05, 0.1) is 5.69 Å². The van der Waals surface area contributed by atoms with E-state index in [-0.39, 0.29) is 21.9 Å². The van der Waals surface area contributed by atoms with Crippen molar-refractivity contribution in [3.8, 4) is 34.2 Å². The number of phenols is 1. The van der Waals surface area contributed by atoms with E-state index in [9.17, 15) is 15.2 Å². The van der Waals surface area contributed by atoms with Crippen LogP contribution in [-0.2, 0) is 3.79 Å². The minimum absolute atomic E-state index is 0.0457. The van der Waals surface area contributed by atoms with Crippen LogP contribution in [-0.4, -0.2) is 10.1 Å². The third-order valence-corrected chi connectivity index (χ3v) is 5.46. The van der Waals surface area contributed by atoms with E-state index in [4.69, 9.17) is 46.4 Å². The monoisotopic (exact) mass is 516 g/mol. The van der Waals surface area contributed by atoms with Crippen molar-refractivity contribution < 1.29 is 5.11 Å². The number of phenolic OH excluding ortho intramolecular Hbond substituents is 1. The Hall–Kier alpha value is -1.68. The van der Waals surface area contributed by atoms with Crippen LogP contribution in [0, 0.1) is 11.3 Å². The fourth-order valence-electron chi connectivity index (χ4n) is 2.66. The van der Waals surface area contributed by atoms with Crippen LogP contribution in [0.4, 0.5) is 0 Å². The van der Waals surface area contributed by atoms with Gasteiger partial charge in [-0.25, -0.2) is 0 Å². The second kappa shape index (κ2) is 7.98. The van der Waals surface area contributed by atoms with E-state index >= 15 is 0 Å². The second-order valence-corrected chi connectivity index (χ2v) is 9.37. The average molecular weight is 519 g/mol. The first-order valence-corrected chi connectivity index (χ1v) is 9.95. The highest BCUT2D eigenvalue weighted by Crippen LogP contribution is 2.42. The van der Waals surface area contributed by atoms with Crippen LogP contribution in [0.2, 0.25) is 5.02 Å². The van der Waals surface area contributed by atoms with E-state index in [0.717, 1.165) is 0 Å². The zero-order valence-electron chi connectivity index (χ0n) is 13.7. The number of aromatic hydroxyl groups is 1. The number of benzene rings is 2. The Labute approximate surface area is 188 Å². The molecule has 1 aromatic heterocycles. The number of halogens is 5. The van der Waals surface area contributed by atoms with Gasteiger partial charge in [-0.3, -0.25) is 4.79 Å². The molecule has 4 nitrogen and oxygen atoms in total. The predicted octanol–water partition coefficient (Wildman–Crippen LogP) is 6.53. The van der Waals surface area contributed by atoms with Gasteiger partial charge in [-0.15, -0.1) is 0 Å². The van der Waals surface area contributed by atoms with Crippen molar-refractivity contribution in [2.45, 2.75) is 3.79 Å². The van der Waals surface area contributed by atoms with Crippen molar-refractivity contribution in [3.63, 3.8) is 0 Å². The summed E-state index contributed by atoms with van der Waals surface area (Å²) in [4.78, 5) is 15.1. The summed E-state index contributed by atoms with van der Waals surface area (Å²) >= 11 is 27.5. The number of nitriles is 1. The maximum Gasteiger partial charge on any atom is 0.266 e. The summed E-state index contributed by atoms with van der Waals surface area (Å²) in [5.41, 5.74) is 0.809. The molecule has 2 N–H and O–H groups in total. The molecule has 0 amide bonds. The van der Waals surface area contributed by atoms with Gasteiger partial charge in [0.25, 0.3) is 5.56 Å². The van der Waals surface area contributed by atoms with Crippen LogP contribution in [0.25, 0.3) is 22.4 Å². The summed E-state index contributed by atoms with van der Waals surface area (Å²) in [6, 6.07) is 12.8. The van der Waals surface area contributed by atoms with Gasteiger partial charge in [0, 0.05) is 31.7 Å². The predicted molar refractivity (Wildman–Crippen MR) is 116 cm³/mol. The largest absolute Gasteiger partial charge is 0.507 e. The molecule has 0 aliphatic heterocycles. The maximum absolute atomic E-state index is 12.5. The van der Waals surface area contributed by atoms with Crippen LogP contribution >= 0.6 is 62.3 Å². The number of hydrogen-bond acceptors (Lipinski definition) is 3. The molecule has 2 aromatic carbocycles. The lowest BCUT2D eigenvalue weighted by molar-refractivity contribution is 0.477. The molecule has 0 aliphatic carbocycles. The molecule has 0 bridgehead atoms. The van der Waals surface area contributed by atoms with Crippen LogP contribution in [0.3, 0.4) is 0 Å². The number of alkyl halides is 3. The lowest BCUT2D eigenvalue weighted by Crippen LogP contribution is -2.13. The Kier molecular flexibility index (Phi) is 6.00. The van der Waals surface area contributed by atoms with E-state index in [2.05, 4.69) is 20.9 Å². The van der Waals surface area contributed by atoms with Gasteiger partial charge in [0.15, 0.2) is 0 Å². The summed E-state index contributed by atoms with van der Waals surface area (Å²) in [5.74, 6) is -0.0457.